The molecule has 1 fully saturated rings. The van der Waals surface area contributed by atoms with Crippen LogP contribution in [0.25, 0.3) is 16.8 Å². The van der Waals surface area contributed by atoms with Crippen molar-refractivity contribution in [3.8, 4) is 17.0 Å². The number of nitrogens with zero attached hydrogens (tertiary/aromatic N) is 5. The fraction of sp³-hybridized carbons (Fsp3) is 0.345. The summed E-state index contributed by atoms with van der Waals surface area (Å²) in [5.74, 6) is 0.416. The van der Waals surface area contributed by atoms with Crippen LogP contribution in [0.1, 0.15) is 45.2 Å². The molecule has 4 aromatic heterocycles. The Balaban J connectivity index is 1.31. The number of piperidine rings is 1. The van der Waals surface area contributed by atoms with Crippen LogP contribution in [-0.2, 0) is 9.53 Å². The predicted octanol–water partition coefficient (Wildman–Crippen LogP) is 4.92. The summed E-state index contributed by atoms with van der Waals surface area (Å²) in [6.07, 6.45) is 8.33. The second-order valence-corrected chi connectivity index (χ2v) is 10.5. The van der Waals surface area contributed by atoms with Gasteiger partial charge in [-0.2, -0.15) is 5.10 Å². The lowest BCUT2D eigenvalue weighted by Crippen LogP contribution is -2.42. The maximum Gasteiger partial charge on any atom is 0.410 e. The van der Waals surface area contributed by atoms with Crippen LogP contribution in [0.4, 0.5) is 10.5 Å². The summed E-state index contributed by atoms with van der Waals surface area (Å²) in [6, 6.07) is 13.0. The molecule has 0 aliphatic carbocycles. The molecule has 2 amide bonds. The van der Waals surface area contributed by atoms with Crippen molar-refractivity contribution in [3.63, 3.8) is 0 Å². The predicted molar refractivity (Wildman–Crippen MR) is 147 cm³/mol. The molecule has 1 aliphatic rings. The van der Waals surface area contributed by atoms with Gasteiger partial charge in [-0.05, 0) is 70.0 Å². The topological polar surface area (TPSA) is 111 Å². The first-order chi connectivity index (χ1) is 18.7. The van der Waals surface area contributed by atoms with Gasteiger partial charge in [0.15, 0.2) is 6.61 Å². The van der Waals surface area contributed by atoms with E-state index in [1.165, 1.54) is 0 Å². The number of hydrogen-bond donors (Lipinski definition) is 1. The monoisotopic (exact) mass is 528 g/mol. The number of likely N-dealkylation sites (tertiary alicyclic amines) is 1. The standard InChI is InChI=1S/C29H32N6O4/c1-29(2,3)39-28(37)34-14-5-6-20(18-34)24-7-4-8-25(33-24)23-17-31-35-15-11-21(16-26(23)35)32-27(36)19-38-22-9-12-30-13-10-22/h4,7-13,15-17,20H,5-6,14,18-19H2,1-3H3,(H,32,36). The number of nitrogens with one attached hydrogen (secondary N) is 1. The third-order valence-corrected chi connectivity index (χ3v) is 6.36. The molecular formula is C29H32N6O4. The number of amides is 2. The van der Waals surface area contributed by atoms with Crippen molar-refractivity contribution in [1.29, 1.82) is 0 Å². The van der Waals surface area contributed by atoms with Gasteiger partial charge in [-0.1, -0.05) is 6.07 Å². The van der Waals surface area contributed by atoms with Gasteiger partial charge in [-0.25, -0.2) is 9.31 Å². The molecule has 0 aromatic carbocycles. The molecule has 10 nitrogen and oxygen atoms in total. The number of aromatic nitrogens is 4. The molecule has 5 heterocycles. The fourth-order valence-electron chi connectivity index (χ4n) is 4.58. The molecule has 0 bridgehead atoms. The number of carbonyl (C=O) groups is 2. The van der Waals surface area contributed by atoms with E-state index in [2.05, 4.69) is 15.4 Å². The highest BCUT2D eigenvalue weighted by Crippen LogP contribution is 2.30. The number of rotatable bonds is 6. The molecule has 4 aromatic rings. The van der Waals surface area contributed by atoms with E-state index in [-0.39, 0.29) is 24.5 Å². The minimum absolute atomic E-state index is 0.114. The molecule has 1 atom stereocenters. The van der Waals surface area contributed by atoms with Crippen LogP contribution in [-0.4, -0.2) is 61.8 Å². The molecule has 1 unspecified atom stereocenters. The summed E-state index contributed by atoms with van der Waals surface area (Å²) in [5.41, 5.74) is 3.46. The minimum atomic E-state index is -0.531. The van der Waals surface area contributed by atoms with Crippen LogP contribution in [0.5, 0.6) is 5.75 Å². The third-order valence-electron chi connectivity index (χ3n) is 6.36. The smallest absolute Gasteiger partial charge is 0.410 e. The first-order valence-corrected chi connectivity index (χ1v) is 13.0. The number of carbonyl (C=O) groups excluding carboxylic acids is 2. The van der Waals surface area contributed by atoms with Gasteiger partial charge < -0.3 is 19.7 Å². The van der Waals surface area contributed by atoms with Gasteiger partial charge >= 0.3 is 6.09 Å². The Morgan fingerprint density at radius 3 is 2.74 bits per heavy atom. The van der Waals surface area contributed by atoms with Crippen LogP contribution in [0.2, 0.25) is 0 Å². The summed E-state index contributed by atoms with van der Waals surface area (Å²) >= 11 is 0. The van der Waals surface area contributed by atoms with E-state index in [0.717, 1.165) is 35.3 Å². The average molecular weight is 529 g/mol. The van der Waals surface area contributed by atoms with Crippen molar-refractivity contribution < 1.29 is 19.1 Å². The largest absolute Gasteiger partial charge is 0.484 e. The number of fused-ring (bicyclic) bond motifs is 1. The lowest BCUT2D eigenvalue weighted by Gasteiger charge is -2.34. The number of hydrogen-bond acceptors (Lipinski definition) is 7. The lowest BCUT2D eigenvalue weighted by molar-refractivity contribution is -0.118. The zero-order chi connectivity index (χ0) is 27.4. The summed E-state index contributed by atoms with van der Waals surface area (Å²) in [4.78, 5) is 35.8. The van der Waals surface area contributed by atoms with Gasteiger partial charge in [0.05, 0.1) is 17.4 Å². The van der Waals surface area contributed by atoms with E-state index in [4.69, 9.17) is 14.5 Å². The van der Waals surface area contributed by atoms with E-state index >= 15 is 0 Å². The van der Waals surface area contributed by atoms with E-state index in [0.29, 0.717) is 24.5 Å². The van der Waals surface area contributed by atoms with Crippen LogP contribution >= 0.6 is 0 Å². The normalized spacial score (nSPS) is 15.7. The van der Waals surface area contributed by atoms with Crippen LogP contribution in [0.15, 0.2) is 67.3 Å². The van der Waals surface area contributed by atoms with Gasteiger partial charge in [-0.3, -0.25) is 14.8 Å². The van der Waals surface area contributed by atoms with E-state index in [1.54, 1.807) is 52.4 Å². The third kappa shape index (κ3) is 6.51. The Morgan fingerprint density at radius 2 is 1.95 bits per heavy atom. The second-order valence-electron chi connectivity index (χ2n) is 10.5. The molecule has 1 aliphatic heterocycles. The van der Waals surface area contributed by atoms with Crippen molar-refractivity contribution in [2.24, 2.45) is 0 Å². The van der Waals surface area contributed by atoms with Crippen molar-refractivity contribution in [1.82, 2.24) is 24.5 Å². The van der Waals surface area contributed by atoms with Crippen molar-refractivity contribution in [2.45, 2.75) is 45.1 Å². The maximum absolute atomic E-state index is 12.6. The molecule has 10 heteroatoms. The van der Waals surface area contributed by atoms with Gasteiger partial charge in [0.2, 0.25) is 0 Å². The Labute approximate surface area is 227 Å². The average Bonchev–Trinajstić information content (AvgIpc) is 3.35. The first-order valence-electron chi connectivity index (χ1n) is 13.0. The Morgan fingerprint density at radius 1 is 1.13 bits per heavy atom. The Hall–Kier alpha value is -4.47. The van der Waals surface area contributed by atoms with E-state index < -0.39 is 5.60 Å². The van der Waals surface area contributed by atoms with E-state index in [1.807, 2.05) is 45.0 Å². The Kier molecular flexibility index (Phi) is 7.44. The first kappa shape index (κ1) is 26.1. The zero-order valence-electron chi connectivity index (χ0n) is 22.3. The van der Waals surface area contributed by atoms with Gasteiger partial charge in [0, 0.05) is 54.5 Å². The SMILES string of the molecule is CC(C)(C)OC(=O)N1CCCC(c2cccc(-c3cnn4ccc(NC(=O)COc5ccncc5)cc34)n2)C1. The van der Waals surface area contributed by atoms with Crippen LogP contribution in [0.3, 0.4) is 0 Å². The quantitative estimate of drug-likeness (QED) is 0.378. The van der Waals surface area contributed by atoms with Gasteiger partial charge in [-0.15, -0.1) is 0 Å². The molecule has 202 valence electrons. The molecule has 0 saturated carbocycles. The van der Waals surface area contributed by atoms with Crippen molar-refractivity contribution in [2.75, 3.05) is 25.0 Å². The molecule has 39 heavy (non-hydrogen) atoms. The van der Waals surface area contributed by atoms with Crippen molar-refractivity contribution in [3.05, 3.63) is 72.9 Å². The van der Waals surface area contributed by atoms with E-state index in [9.17, 15) is 9.59 Å². The summed E-state index contributed by atoms with van der Waals surface area (Å²) < 4.78 is 12.8. The van der Waals surface area contributed by atoms with Gasteiger partial charge in [0.1, 0.15) is 11.4 Å². The Bertz CT molecular complexity index is 1460. The summed E-state index contributed by atoms with van der Waals surface area (Å²) in [6.45, 7) is 6.76. The highest BCUT2D eigenvalue weighted by Gasteiger charge is 2.29. The fourth-order valence-corrected chi connectivity index (χ4v) is 4.58. The molecular weight excluding hydrogens is 496 g/mol. The zero-order valence-corrected chi connectivity index (χ0v) is 22.3. The number of anilines is 1. The van der Waals surface area contributed by atoms with Gasteiger partial charge in [0.25, 0.3) is 5.91 Å². The summed E-state index contributed by atoms with van der Waals surface area (Å²) in [7, 11) is 0. The maximum atomic E-state index is 12.6. The minimum Gasteiger partial charge on any atom is -0.484 e. The van der Waals surface area contributed by atoms with Crippen LogP contribution in [0, 0.1) is 0 Å². The summed E-state index contributed by atoms with van der Waals surface area (Å²) in [5, 5.41) is 7.34. The second kappa shape index (κ2) is 11.1. The molecule has 0 radical (unpaired) electrons. The highest BCUT2D eigenvalue weighted by molar-refractivity contribution is 5.93. The van der Waals surface area contributed by atoms with Crippen LogP contribution < -0.4 is 10.1 Å². The molecule has 5 rings (SSSR count). The number of pyridine rings is 3. The molecule has 0 spiro atoms. The number of ether oxygens (including phenoxy) is 2. The van der Waals surface area contributed by atoms with Crippen molar-refractivity contribution >= 4 is 23.2 Å². The molecule has 1 N–H and O–H groups in total. The lowest BCUT2D eigenvalue weighted by atomic mass is 9.94. The molecule has 1 saturated heterocycles. The highest BCUT2D eigenvalue weighted by atomic mass is 16.6.